The lowest BCUT2D eigenvalue weighted by Gasteiger charge is -2.41. The SMILES string of the molecule is CN(C(=O)c1ccc(Cl)c(-c2cnc(C(F)(F)F)cc2C#N)c1)[C@@]1(C)CC=CC=C1OCC(C)(C)C(=O)O. The van der Waals surface area contributed by atoms with Gasteiger partial charge in [0.1, 0.15) is 23.6 Å². The van der Waals surface area contributed by atoms with E-state index >= 15 is 0 Å². The van der Waals surface area contributed by atoms with E-state index in [1.54, 1.807) is 32.2 Å². The van der Waals surface area contributed by atoms with Gasteiger partial charge in [-0.05, 0) is 57.5 Å². The first-order chi connectivity index (χ1) is 17.6. The van der Waals surface area contributed by atoms with Crippen molar-refractivity contribution in [2.75, 3.05) is 13.7 Å². The van der Waals surface area contributed by atoms with Gasteiger partial charge in [0.15, 0.2) is 0 Å². The maximum atomic E-state index is 13.6. The molecule has 1 heterocycles. The Morgan fingerprint density at radius 1 is 1.26 bits per heavy atom. The molecule has 0 radical (unpaired) electrons. The summed E-state index contributed by atoms with van der Waals surface area (Å²) < 4.78 is 45.1. The molecular weight excluding hydrogens is 523 g/mol. The molecule has 0 aliphatic heterocycles. The number of hydrogen-bond donors (Lipinski definition) is 1. The van der Waals surface area contributed by atoms with E-state index in [-0.39, 0.29) is 33.9 Å². The number of aliphatic carboxylic acids is 1. The molecule has 11 heteroatoms. The summed E-state index contributed by atoms with van der Waals surface area (Å²) in [7, 11) is 1.57. The summed E-state index contributed by atoms with van der Waals surface area (Å²) in [6, 6.07) is 6.65. The number of nitrogens with zero attached hydrogens (tertiary/aromatic N) is 3. The summed E-state index contributed by atoms with van der Waals surface area (Å²) in [4.78, 5) is 30.0. The van der Waals surface area contributed by atoms with Gasteiger partial charge in [0.2, 0.25) is 0 Å². The van der Waals surface area contributed by atoms with Crippen molar-refractivity contribution in [1.82, 2.24) is 9.88 Å². The van der Waals surface area contributed by atoms with Crippen LogP contribution in [0.5, 0.6) is 0 Å². The van der Waals surface area contributed by atoms with Crippen molar-refractivity contribution in [3.8, 4) is 17.2 Å². The first-order valence-electron chi connectivity index (χ1n) is 11.4. The zero-order valence-corrected chi connectivity index (χ0v) is 21.8. The van der Waals surface area contributed by atoms with Gasteiger partial charge in [0.25, 0.3) is 5.91 Å². The Labute approximate surface area is 222 Å². The van der Waals surface area contributed by atoms with E-state index in [4.69, 9.17) is 16.3 Å². The molecule has 0 bridgehead atoms. The van der Waals surface area contributed by atoms with Crippen LogP contribution in [0.3, 0.4) is 0 Å². The summed E-state index contributed by atoms with van der Waals surface area (Å²) in [5, 5.41) is 19.0. The van der Waals surface area contributed by atoms with Gasteiger partial charge in [0.05, 0.1) is 17.0 Å². The third kappa shape index (κ3) is 5.68. The largest absolute Gasteiger partial charge is 0.494 e. The monoisotopic (exact) mass is 547 g/mol. The summed E-state index contributed by atoms with van der Waals surface area (Å²) >= 11 is 6.31. The Balaban J connectivity index is 1.96. The number of aromatic nitrogens is 1. The number of benzene rings is 1. The van der Waals surface area contributed by atoms with Gasteiger partial charge in [-0.3, -0.25) is 14.6 Å². The molecule has 1 N–H and O–H groups in total. The predicted molar refractivity (Wildman–Crippen MR) is 134 cm³/mol. The molecule has 38 heavy (non-hydrogen) atoms. The van der Waals surface area contributed by atoms with Gasteiger partial charge in [-0.15, -0.1) is 0 Å². The molecule has 1 aliphatic rings. The van der Waals surface area contributed by atoms with Crippen molar-refractivity contribution < 1.29 is 32.6 Å². The average molecular weight is 548 g/mol. The maximum absolute atomic E-state index is 13.6. The molecule has 2 aromatic rings. The first kappa shape index (κ1) is 28.7. The molecule has 1 amide bonds. The second-order valence-electron chi connectivity index (χ2n) is 9.70. The van der Waals surface area contributed by atoms with Crippen LogP contribution >= 0.6 is 11.6 Å². The Morgan fingerprint density at radius 2 is 1.95 bits per heavy atom. The number of amides is 1. The number of alkyl halides is 3. The first-order valence-corrected chi connectivity index (χ1v) is 11.8. The molecule has 0 spiro atoms. The van der Waals surface area contributed by atoms with E-state index in [0.29, 0.717) is 18.2 Å². The molecule has 0 fully saturated rings. The van der Waals surface area contributed by atoms with Crippen LogP contribution in [0.15, 0.2) is 54.4 Å². The smallest absolute Gasteiger partial charge is 0.433 e. The normalized spacial score (nSPS) is 17.4. The molecule has 0 saturated heterocycles. The quantitative estimate of drug-likeness (QED) is 0.449. The lowest BCUT2D eigenvalue weighted by molar-refractivity contribution is -0.149. The number of ether oxygens (including phenoxy) is 1. The minimum atomic E-state index is -4.73. The number of halogens is 4. The maximum Gasteiger partial charge on any atom is 0.433 e. The number of carboxylic acid groups (broad SMARTS) is 1. The van der Waals surface area contributed by atoms with Crippen LogP contribution in [0, 0.1) is 16.7 Å². The molecule has 1 atom stereocenters. The molecular formula is C27H25ClF3N3O4. The Kier molecular flexibility index (Phi) is 7.94. The van der Waals surface area contributed by atoms with Crippen molar-refractivity contribution in [1.29, 1.82) is 5.26 Å². The zero-order valence-electron chi connectivity index (χ0n) is 21.1. The van der Waals surface area contributed by atoms with Crippen LogP contribution in [-0.2, 0) is 15.7 Å². The standard InChI is InChI=1S/C27H25ClF3N3O4/c1-25(2,24(36)37)15-38-22-7-5-6-10-26(22,3)34(4)23(35)16-8-9-20(28)18(11-16)19-14-33-21(27(29,30)31)12-17(19)13-32/h5-9,11-12,14H,10,15H2,1-4H3,(H,36,37)/t26-/m0/s1. The topological polar surface area (TPSA) is 104 Å². The number of nitriles is 1. The summed E-state index contributed by atoms with van der Waals surface area (Å²) in [5.74, 6) is -1.08. The van der Waals surface area contributed by atoms with E-state index in [2.05, 4.69) is 4.98 Å². The molecule has 1 aromatic heterocycles. The third-order valence-corrected chi connectivity index (χ3v) is 6.79. The average Bonchev–Trinajstić information content (AvgIpc) is 2.86. The lowest BCUT2D eigenvalue weighted by atomic mass is 9.88. The van der Waals surface area contributed by atoms with E-state index in [1.165, 1.54) is 36.9 Å². The van der Waals surface area contributed by atoms with Crippen molar-refractivity contribution in [2.45, 2.75) is 38.9 Å². The Hall–Kier alpha value is -3.84. The number of likely N-dealkylation sites (N-methyl/N-ethyl adjacent to an activating group) is 1. The molecule has 1 aliphatic carbocycles. The highest BCUT2D eigenvalue weighted by molar-refractivity contribution is 6.33. The fraction of sp³-hybridized carbons (Fsp3) is 0.333. The molecule has 3 rings (SSSR count). The zero-order chi connectivity index (χ0) is 28.5. The summed E-state index contributed by atoms with van der Waals surface area (Å²) in [6.07, 6.45) is 1.84. The highest BCUT2D eigenvalue weighted by Crippen LogP contribution is 2.37. The van der Waals surface area contributed by atoms with E-state index < -0.39 is 34.7 Å². The second kappa shape index (κ2) is 10.5. The number of allylic oxidation sites excluding steroid dienone is 2. The summed E-state index contributed by atoms with van der Waals surface area (Å²) in [6.45, 7) is 4.71. The van der Waals surface area contributed by atoms with Crippen molar-refractivity contribution in [2.24, 2.45) is 5.41 Å². The van der Waals surface area contributed by atoms with Gasteiger partial charge < -0.3 is 14.7 Å². The molecule has 0 saturated carbocycles. The van der Waals surface area contributed by atoms with Crippen LogP contribution in [0.4, 0.5) is 13.2 Å². The number of carbonyl (C=O) groups excluding carboxylic acids is 1. The number of carboxylic acids is 1. The van der Waals surface area contributed by atoms with Crippen molar-refractivity contribution >= 4 is 23.5 Å². The second-order valence-corrected chi connectivity index (χ2v) is 10.1. The van der Waals surface area contributed by atoms with Gasteiger partial charge in [-0.25, -0.2) is 0 Å². The molecule has 7 nitrogen and oxygen atoms in total. The Bertz CT molecular complexity index is 1380. The van der Waals surface area contributed by atoms with Crippen LogP contribution in [0.1, 0.15) is 48.8 Å². The minimum Gasteiger partial charge on any atom is -0.494 e. The van der Waals surface area contributed by atoms with Gasteiger partial charge in [0, 0.05) is 35.0 Å². The van der Waals surface area contributed by atoms with Gasteiger partial charge in [-0.2, -0.15) is 18.4 Å². The fourth-order valence-electron chi connectivity index (χ4n) is 3.76. The third-order valence-electron chi connectivity index (χ3n) is 6.46. The fourth-order valence-corrected chi connectivity index (χ4v) is 3.98. The number of carbonyl (C=O) groups is 2. The number of pyridine rings is 1. The molecule has 0 unspecified atom stereocenters. The number of hydrogen-bond acceptors (Lipinski definition) is 5. The minimum absolute atomic E-state index is 0.0504. The van der Waals surface area contributed by atoms with Crippen LogP contribution < -0.4 is 0 Å². The Morgan fingerprint density at radius 3 is 2.55 bits per heavy atom. The van der Waals surface area contributed by atoms with Gasteiger partial charge in [-0.1, -0.05) is 23.8 Å². The highest BCUT2D eigenvalue weighted by atomic mass is 35.5. The van der Waals surface area contributed by atoms with E-state index in [9.17, 15) is 33.1 Å². The number of rotatable bonds is 7. The lowest BCUT2D eigenvalue weighted by Crippen LogP contribution is -2.50. The highest BCUT2D eigenvalue weighted by Gasteiger charge is 2.40. The van der Waals surface area contributed by atoms with Crippen molar-refractivity contribution in [3.63, 3.8) is 0 Å². The van der Waals surface area contributed by atoms with Crippen LogP contribution in [0.2, 0.25) is 5.02 Å². The molecule has 1 aromatic carbocycles. The predicted octanol–water partition coefficient (Wildman–Crippen LogP) is 6.09. The van der Waals surface area contributed by atoms with Crippen LogP contribution in [0.25, 0.3) is 11.1 Å². The van der Waals surface area contributed by atoms with Crippen LogP contribution in [-0.4, -0.2) is 46.1 Å². The van der Waals surface area contributed by atoms with Gasteiger partial charge >= 0.3 is 12.1 Å². The van der Waals surface area contributed by atoms with E-state index in [0.717, 1.165) is 6.20 Å². The van der Waals surface area contributed by atoms with Crippen molar-refractivity contribution in [3.05, 3.63) is 76.3 Å². The molecule has 200 valence electrons. The summed E-state index contributed by atoms with van der Waals surface area (Å²) in [5.41, 5.74) is -3.25. The van der Waals surface area contributed by atoms with E-state index in [1.807, 2.05) is 6.08 Å².